The number of aromatic nitrogens is 2. The fourth-order valence-electron chi connectivity index (χ4n) is 4.72. The number of halogens is 2. The van der Waals surface area contributed by atoms with Gasteiger partial charge in [0.05, 0.1) is 17.4 Å². The molecule has 0 aliphatic carbocycles. The van der Waals surface area contributed by atoms with Gasteiger partial charge in [-0.25, -0.2) is 18.1 Å². The van der Waals surface area contributed by atoms with Crippen LogP contribution in [0.15, 0.2) is 42.7 Å². The van der Waals surface area contributed by atoms with E-state index in [1.165, 1.54) is 17.7 Å². The first-order valence-corrected chi connectivity index (χ1v) is 11.2. The van der Waals surface area contributed by atoms with Gasteiger partial charge in [0.1, 0.15) is 0 Å². The van der Waals surface area contributed by atoms with Gasteiger partial charge in [0.2, 0.25) is 5.91 Å². The Morgan fingerprint density at radius 1 is 1.00 bits per heavy atom. The Balaban J connectivity index is 1.22. The number of pyridine rings is 1. The van der Waals surface area contributed by atoms with Gasteiger partial charge in [-0.05, 0) is 73.7 Å². The van der Waals surface area contributed by atoms with E-state index in [2.05, 4.69) is 27.4 Å². The van der Waals surface area contributed by atoms with E-state index < -0.39 is 17.7 Å². The number of likely N-dealkylation sites (tertiary alicyclic amines) is 1. The Morgan fingerprint density at radius 2 is 1.82 bits per heavy atom. The Bertz CT molecular complexity index is 1200. The monoisotopic (exact) mass is 453 g/mol. The maximum atomic E-state index is 13.5. The zero-order valence-corrected chi connectivity index (χ0v) is 18.1. The SMILES string of the molecule is O=C1CCN(c2cnn3ccc(CC4CCN(Cc5ccc(F)c(F)c5)CC4)cc23)C(=O)N1. The Labute approximate surface area is 190 Å². The van der Waals surface area contributed by atoms with Crippen molar-refractivity contribution < 1.29 is 18.4 Å². The molecule has 0 saturated carbocycles. The first kappa shape index (κ1) is 21.5. The number of fused-ring (bicyclic) bond motifs is 1. The van der Waals surface area contributed by atoms with Crippen molar-refractivity contribution in [2.45, 2.75) is 32.2 Å². The van der Waals surface area contributed by atoms with Gasteiger partial charge in [-0.1, -0.05) is 6.07 Å². The number of benzene rings is 1. The van der Waals surface area contributed by atoms with Crippen molar-refractivity contribution in [2.24, 2.45) is 5.92 Å². The molecule has 3 amide bonds. The molecule has 2 aliphatic rings. The third-order valence-electron chi connectivity index (χ3n) is 6.53. The van der Waals surface area contributed by atoms with Crippen LogP contribution in [0.5, 0.6) is 0 Å². The molecule has 5 rings (SSSR count). The molecule has 2 aromatic heterocycles. The van der Waals surface area contributed by atoms with Gasteiger partial charge in [-0.2, -0.15) is 5.10 Å². The first-order valence-electron chi connectivity index (χ1n) is 11.2. The first-order chi connectivity index (χ1) is 16.0. The number of carbonyl (C=O) groups is 2. The summed E-state index contributed by atoms with van der Waals surface area (Å²) in [6.45, 7) is 2.78. The number of hydrogen-bond acceptors (Lipinski definition) is 4. The predicted octanol–water partition coefficient (Wildman–Crippen LogP) is 3.51. The van der Waals surface area contributed by atoms with E-state index >= 15 is 0 Å². The van der Waals surface area contributed by atoms with Gasteiger partial charge in [0, 0.05) is 25.7 Å². The molecular weight excluding hydrogens is 428 g/mol. The average molecular weight is 453 g/mol. The Kier molecular flexibility index (Phi) is 5.80. The lowest BCUT2D eigenvalue weighted by Gasteiger charge is -2.32. The fourth-order valence-corrected chi connectivity index (χ4v) is 4.72. The number of anilines is 1. The molecule has 2 saturated heterocycles. The fraction of sp³-hybridized carbons (Fsp3) is 0.375. The van der Waals surface area contributed by atoms with E-state index in [9.17, 15) is 18.4 Å². The summed E-state index contributed by atoms with van der Waals surface area (Å²) in [4.78, 5) is 27.6. The summed E-state index contributed by atoms with van der Waals surface area (Å²) < 4.78 is 28.4. The van der Waals surface area contributed by atoms with Crippen molar-refractivity contribution in [1.29, 1.82) is 0 Å². The molecule has 2 fully saturated rings. The number of amides is 3. The molecule has 0 radical (unpaired) electrons. The number of nitrogens with one attached hydrogen (secondary N) is 1. The quantitative estimate of drug-likeness (QED) is 0.642. The molecule has 2 aliphatic heterocycles. The molecule has 7 nitrogen and oxygen atoms in total. The zero-order chi connectivity index (χ0) is 22.9. The number of rotatable bonds is 5. The molecule has 1 N–H and O–H groups in total. The molecule has 172 valence electrons. The summed E-state index contributed by atoms with van der Waals surface area (Å²) in [5.41, 5.74) is 3.50. The summed E-state index contributed by atoms with van der Waals surface area (Å²) in [6.07, 6.45) is 6.80. The molecule has 4 heterocycles. The minimum Gasteiger partial charge on any atom is -0.299 e. The second-order valence-electron chi connectivity index (χ2n) is 8.82. The molecule has 1 aromatic carbocycles. The second kappa shape index (κ2) is 8.90. The van der Waals surface area contributed by atoms with E-state index in [-0.39, 0.29) is 12.3 Å². The van der Waals surface area contributed by atoms with Crippen LogP contribution < -0.4 is 10.2 Å². The molecule has 0 spiro atoms. The molecule has 0 unspecified atom stereocenters. The van der Waals surface area contributed by atoms with Gasteiger partial charge >= 0.3 is 6.03 Å². The number of hydrogen-bond donors (Lipinski definition) is 1. The number of imide groups is 1. The van der Waals surface area contributed by atoms with Crippen LogP contribution in [-0.2, 0) is 17.8 Å². The van der Waals surface area contributed by atoms with Crippen LogP contribution >= 0.6 is 0 Å². The minimum absolute atomic E-state index is 0.260. The van der Waals surface area contributed by atoms with Crippen LogP contribution in [0.4, 0.5) is 19.3 Å². The second-order valence-corrected chi connectivity index (χ2v) is 8.82. The average Bonchev–Trinajstić information content (AvgIpc) is 3.21. The normalized spacial score (nSPS) is 18.2. The molecule has 0 bridgehead atoms. The molecule has 0 atom stereocenters. The van der Waals surface area contributed by atoms with Crippen LogP contribution in [0, 0.1) is 17.6 Å². The Hall–Kier alpha value is -3.33. The third-order valence-corrected chi connectivity index (χ3v) is 6.53. The third kappa shape index (κ3) is 4.59. The summed E-state index contributed by atoms with van der Waals surface area (Å²) in [7, 11) is 0. The summed E-state index contributed by atoms with van der Waals surface area (Å²) in [5.74, 6) is -1.35. The van der Waals surface area contributed by atoms with Gasteiger partial charge < -0.3 is 0 Å². The zero-order valence-electron chi connectivity index (χ0n) is 18.1. The van der Waals surface area contributed by atoms with E-state index in [1.54, 1.807) is 21.7 Å². The number of carbonyl (C=O) groups excluding carboxylic acids is 2. The standard InChI is InChI=1S/C24H25F2N5O2/c25-19-2-1-18(12-20(19)26)15-29-7-3-16(4-8-29)11-17-5-10-31-21(13-17)22(14-27-31)30-9-6-23(32)28-24(30)33/h1-2,5,10,12-14,16H,3-4,6-9,11,15H2,(H,28,32,33). The molecule has 9 heteroatoms. The lowest BCUT2D eigenvalue weighted by atomic mass is 9.90. The van der Waals surface area contributed by atoms with Gasteiger partial charge in [-0.15, -0.1) is 0 Å². The van der Waals surface area contributed by atoms with E-state index in [4.69, 9.17) is 0 Å². The van der Waals surface area contributed by atoms with Gasteiger partial charge in [0.15, 0.2) is 11.6 Å². The highest BCUT2D eigenvalue weighted by atomic mass is 19.2. The van der Waals surface area contributed by atoms with Crippen molar-refractivity contribution in [3.63, 3.8) is 0 Å². The smallest absolute Gasteiger partial charge is 0.299 e. The number of nitrogens with zero attached hydrogens (tertiary/aromatic N) is 4. The van der Waals surface area contributed by atoms with E-state index in [1.807, 2.05) is 6.20 Å². The van der Waals surface area contributed by atoms with Crippen LogP contribution in [0.25, 0.3) is 5.52 Å². The summed E-state index contributed by atoms with van der Waals surface area (Å²) >= 11 is 0. The van der Waals surface area contributed by atoms with Crippen molar-refractivity contribution in [3.8, 4) is 0 Å². The van der Waals surface area contributed by atoms with Crippen LogP contribution in [0.3, 0.4) is 0 Å². The van der Waals surface area contributed by atoms with Crippen LogP contribution in [0.2, 0.25) is 0 Å². The van der Waals surface area contributed by atoms with Crippen molar-refractivity contribution in [3.05, 3.63) is 65.5 Å². The molecule has 33 heavy (non-hydrogen) atoms. The van der Waals surface area contributed by atoms with Crippen LogP contribution in [-0.4, -0.2) is 46.1 Å². The van der Waals surface area contributed by atoms with E-state index in [0.717, 1.165) is 43.4 Å². The largest absolute Gasteiger partial charge is 0.328 e. The number of piperidine rings is 1. The maximum Gasteiger partial charge on any atom is 0.328 e. The molecular formula is C24H25F2N5O2. The van der Waals surface area contributed by atoms with Crippen LogP contribution in [0.1, 0.15) is 30.4 Å². The van der Waals surface area contributed by atoms with Gasteiger partial charge in [0.25, 0.3) is 0 Å². The summed E-state index contributed by atoms with van der Waals surface area (Å²) in [6, 6.07) is 7.81. The highest BCUT2D eigenvalue weighted by Crippen LogP contribution is 2.27. The maximum absolute atomic E-state index is 13.5. The number of urea groups is 1. The summed E-state index contributed by atoms with van der Waals surface area (Å²) in [5, 5.41) is 6.71. The highest BCUT2D eigenvalue weighted by Gasteiger charge is 2.27. The topological polar surface area (TPSA) is 70.0 Å². The molecule has 3 aromatic rings. The predicted molar refractivity (Wildman–Crippen MR) is 119 cm³/mol. The minimum atomic E-state index is -0.815. The lowest BCUT2D eigenvalue weighted by molar-refractivity contribution is -0.120. The van der Waals surface area contributed by atoms with Crippen molar-refractivity contribution in [2.75, 3.05) is 24.5 Å². The lowest BCUT2D eigenvalue weighted by Crippen LogP contribution is -2.49. The van der Waals surface area contributed by atoms with E-state index in [0.29, 0.717) is 24.7 Å². The van der Waals surface area contributed by atoms with Crippen molar-refractivity contribution in [1.82, 2.24) is 19.8 Å². The highest BCUT2D eigenvalue weighted by molar-refractivity contribution is 6.07. The van der Waals surface area contributed by atoms with Gasteiger partial charge in [-0.3, -0.25) is 19.9 Å². The Morgan fingerprint density at radius 3 is 2.58 bits per heavy atom. The van der Waals surface area contributed by atoms with Crippen molar-refractivity contribution >= 4 is 23.1 Å².